The van der Waals surface area contributed by atoms with Gasteiger partial charge in [-0.3, -0.25) is 9.48 Å². The molecule has 1 atom stereocenters. The average Bonchev–Trinajstić information content (AvgIpc) is 2.68. The molecule has 2 N–H and O–H groups in total. The highest BCUT2D eigenvalue weighted by Gasteiger charge is 2.18. The minimum absolute atomic E-state index is 0.0588. The third-order valence-electron chi connectivity index (χ3n) is 3.46. The molecule has 1 aromatic carbocycles. The van der Waals surface area contributed by atoms with Gasteiger partial charge in [0.05, 0.1) is 17.4 Å². The molecule has 0 saturated carbocycles. The fourth-order valence-corrected chi connectivity index (χ4v) is 2.81. The van der Waals surface area contributed by atoms with E-state index in [4.69, 9.17) is 23.2 Å². The zero-order valence-electron chi connectivity index (χ0n) is 12.5. The molecule has 1 amide bonds. The van der Waals surface area contributed by atoms with Gasteiger partial charge in [-0.2, -0.15) is 5.10 Å². The Hall–Kier alpha value is -1.56. The highest BCUT2D eigenvalue weighted by molar-refractivity contribution is 6.34. The molecule has 1 unspecified atom stereocenters. The first-order chi connectivity index (χ1) is 10.3. The number of benzene rings is 1. The fraction of sp³-hybridized carbons (Fsp3) is 0.333. The van der Waals surface area contributed by atoms with Crippen molar-refractivity contribution >= 4 is 29.1 Å². The van der Waals surface area contributed by atoms with Crippen molar-refractivity contribution in [2.45, 2.75) is 20.0 Å². The second-order valence-corrected chi connectivity index (χ2v) is 5.97. The standard InChI is InChI=1S/C15H17Cl2N3O2/c1-8-14(9(2)20(3)19-8)15(22)18-7-13(21)10-4-11(16)6-12(17)5-10/h4-6,13,21H,7H2,1-3H3,(H,18,22). The number of carbonyl (C=O) groups excluding carboxylic acids is 1. The molecule has 0 radical (unpaired) electrons. The fourth-order valence-electron chi connectivity index (χ4n) is 2.27. The molecule has 1 aromatic heterocycles. The van der Waals surface area contributed by atoms with Gasteiger partial charge in [0.2, 0.25) is 0 Å². The van der Waals surface area contributed by atoms with Crippen LogP contribution in [0.5, 0.6) is 0 Å². The number of nitrogens with zero attached hydrogens (tertiary/aromatic N) is 2. The summed E-state index contributed by atoms with van der Waals surface area (Å²) in [5, 5.41) is 17.9. The lowest BCUT2D eigenvalue weighted by atomic mass is 10.1. The van der Waals surface area contributed by atoms with E-state index in [1.165, 1.54) is 0 Å². The zero-order chi connectivity index (χ0) is 16.4. The van der Waals surface area contributed by atoms with E-state index in [2.05, 4.69) is 10.4 Å². The van der Waals surface area contributed by atoms with Crippen molar-refractivity contribution in [3.05, 3.63) is 50.8 Å². The van der Waals surface area contributed by atoms with E-state index in [0.29, 0.717) is 26.9 Å². The van der Waals surface area contributed by atoms with E-state index in [1.807, 2.05) is 6.92 Å². The summed E-state index contributed by atoms with van der Waals surface area (Å²) >= 11 is 11.8. The van der Waals surface area contributed by atoms with Gasteiger partial charge in [-0.05, 0) is 37.6 Å². The van der Waals surface area contributed by atoms with Gasteiger partial charge >= 0.3 is 0 Å². The van der Waals surface area contributed by atoms with Crippen molar-refractivity contribution in [3.63, 3.8) is 0 Å². The van der Waals surface area contributed by atoms with Crippen LogP contribution in [-0.4, -0.2) is 27.3 Å². The van der Waals surface area contributed by atoms with Crippen molar-refractivity contribution in [1.82, 2.24) is 15.1 Å². The van der Waals surface area contributed by atoms with Crippen LogP contribution in [-0.2, 0) is 7.05 Å². The molecule has 0 spiro atoms. The molecule has 0 saturated heterocycles. The van der Waals surface area contributed by atoms with Crippen LogP contribution in [0.15, 0.2) is 18.2 Å². The van der Waals surface area contributed by atoms with Crippen LogP contribution >= 0.6 is 23.2 Å². The number of carbonyl (C=O) groups is 1. The summed E-state index contributed by atoms with van der Waals surface area (Å²) in [5.41, 5.74) is 2.50. The Labute approximate surface area is 138 Å². The predicted molar refractivity (Wildman–Crippen MR) is 86.4 cm³/mol. The van der Waals surface area contributed by atoms with Crippen LogP contribution in [0.2, 0.25) is 10.0 Å². The molecule has 0 fully saturated rings. The topological polar surface area (TPSA) is 67.2 Å². The first-order valence-electron chi connectivity index (χ1n) is 6.72. The third-order valence-corrected chi connectivity index (χ3v) is 3.90. The Balaban J connectivity index is 2.07. The number of aromatic nitrogens is 2. The van der Waals surface area contributed by atoms with Gasteiger partial charge in [-0.25, -0.2) is 0 Å². The zero-order valence-corrected chi connectivity index (χ0v) is 14.0. The van der Waals surface area contributed by atoms with E-state index in [1.54, 1.807) is 36.9 Å². The molecule has 0 bridgehead atoms. The highest BCUT2D eigenvalue weighted by Crippen LogP contribution is 2.23. The molecule has 0 aliphatic carbocycles. The summed E-state index contributed by atoms with van der Waals surface area (Å²) in [4.78, 5) is 12.2. The molecule has 22 heavy (non-hydrogen) atoms. The minimum atomic E-state index is -0.891. The maximum absolute atomic E-state index is 12.2. The summed E-state index contributed by atoms with van der Waals surface area (Å²) in [5.74, 6) is -0.268. The van der Waals surface area contributed by atoms with Crippen molar-refractivity contribution < 1.29 is 9.90 Å². The molecule has 7 heteroatoms. The molecule has 2 rings (SSSR count). The number of hydrogen-bond donors (Lipinski definition) is 2. The van der Waals surface area contributed by atoms with Gasteiger partial charge in [-0.15, -0.1) is 0 Å². The van der Waals surface area contributed by atoms with E-state index < -0.39 is 6.10 Å². The summed E-state index contributed by atoms with van der Waals surface area (Å²) in [6, 6.07) is 4.82. The van der Waals surface area contributed by atoms with E-state index >= 15 is 0 Å². The maximum atomic E-state index is 12.2. The van der Waals surface area contributed by atoms with E-state index in [0.717, 1.165) is 5.69 Å². The van der Waals surface area contributed by atoms with Crippen LogP contribution in [0.4, 0.5) is 0 Å². The molecule has 0 aliphatic heterocycles. The molecule has 118 valence electrons. The Morgan fingerprint density at radius 3 is 2.41 bits per heavy atom. The van der Waals surface area contributed by atoms with E-state index in [9.17, 15) is 9.90 Å². The number of halogens is 2. The third kappa shape index (κ3) is 3.61. The summed E-state index contributed by atoms with van der Waals surface area (Å²) in [7, 11) is 1.78. The van der Waals surface area contributed by atoms with Crippen LogP contribution in [0.25, 0.3) is 0 Å². The SMILES string of the molecule is Cc1nn(C)c(C)c1C(=O)NCC(O)c1cc(Cl)cc(Cl)c1. The lowest BCUT2D eigenvalue weighted by Crippen LogP contribution is -2.29. The monoisotopic (exact) mass is 341 g/mol. The average molecular weight is 342 g/mol. The predicted octanol–water partition coefficient (Wildman–Crippen LogP) is 2.81. The Morgan fingerprint density at radius 1 is 1.32 bits per heavy atom. The number of rotatable bonds is 4. The lowest BCUT2D eigenvalue weighted by molar-refractivity contribution is 0.0915. The van der Waals surface area contributed by atoms with Crippen LogP contribution in [0, 0.1) is 13.8 Å². The van der Waals surface area contributed by atoms with Gasteiger partial charge in [0.1, 0.15) is 0 Å². The number of hydrogen-bond acceptors (Lipinski definition) is 3. The quantitative estimate of drug-likeness (QED) is 0.898. The normalized spacial score (nSPS) is 12.3. The van der Waals surface area contributed by atoms with Gasteiger partial charge in [0.25, 0.3) is 5.91 Å². The lowest BCUT2D eigenvalue weighted by Gasteiger charge is -2.13. The van der Waals surface area contributed by atoms with Crippen LogP contribution in [0.1, 0.15) is 33.4 Å². The van der Waals surface area contributed by atoms with Crippen molar-refractivity contribution in [2.75, 3.05) is 6.54 Å². The molecule has 1 heterocycles. The van der Waals surface area contributed by atoms with Gasteiger partial charge in [0.15, 0.2) is 0 Å². The second kappa shape index (κ2) is 6.69. The summed E-state index contributed by atoms with van der Waals surface area (Å²) in [6.07, 6.45) is -0.891. The molecular formula is C15H17Cl2N3O2. The largest absolute Gasteiger partial charge is 0.387 e. The second-order valence-electron chi connectivity index (χ2n) is 5.10. The molecule has 2 aromatic rings. The van der Waals surface area contributed by atoms with Crippen molar-refractivity contribution in [2.24, 2.45) is 7.05 Å². The van der Waals surface area contributed by atoms with Crippen LogP contribution < -0.4 is 5.32 Å². The van der Waals surface area contributed by atoms with Gasteiger partial charge in [0, 0.05) is 29.3 Å². The first kappa shape index (κ1) is 16.8. The van der Waals surface area contributed by atoms with Crippen molar-refractivity contribution in [1.29, 1.82) is 0 Å². The number of amides is 1. The maximum Gasteiger partial charge on any atom is 0.255 e. The van der Waals surface area contributed by atoms with Crippen molar-refractivity contribution in [3.8, 4) is 0 Å². The Morgan fingerprint density at radius 2 is 1.91 bits per heavy atom. The Kier molecular flexibility index (Phi) is 5.11. The number of aryl methyl sites for hydroxylation is 2. The highest BCUT2D eigenvalue weighted by atomic mass is 35.5. The van der Waals surface area contributed by atoms with Crippen LogP contribution in [0.3, 0.4) is 0 Å². The van der Waals surface area contributed by atoms with Gasteiger partial charge in [-0.1, -0.05) is 23.2 Å². The summed E-state index contributed by atoms with van der Waals surface area (Å²) < 4.78 is 1.65. The smallest absolute Gasteiger partial charge is 0.255 e. The molecule has 0 aliphatic rings. The number of aliphatic hydroxyl groups excluding tert-OH is 1. The number of aliphatic hydroxyl groups is 1. The number of nitrogens with one attached hydrogen (secondary N) is 1. The van der Waals surface area contributed by atoms with Gasteiger partial charge < -0.3 is 10.4 Å². The summed E-state index contributed by atoms with van der Waals surface area (Å²) in [6.45, 7) is 3.65. The minimum Gasteiger partial charge on any atom is -0.387 e. The Bertz CT molecular complexity index is 693. The molecular weight excluding hydrogens is 325 g/mol. The molecule has 5 nitrogen and oxygen atoms in total. The first-order valence-corrected chi connectivity index (χ1v) is 7.47. The van der Waals surface area contributed by atoms with E-state index in [-0.39, 0.29) is 12.5 Å².